The van der Waals surface area contributed by atoms with Crippen molar-refractivity contribution >= 4 is 6.01 Å². The summed E-state index contributed by atoms with van der Waals surface area (Å²) in [4.78, 5) is 4.24. The Morgan fingerprint density at radius 3 is 2.89 bits per heavy atom. The first-order valence-corrected chi connectivity index (χ1v) is 5.55. The Morgan fingerprint density at radius 2 is 2.11 bits per heavy atom. The third kappa shape index (κ3) is 2.78. The molecule has 1 N–H and O–H groups in total. The van der Waals surface area contributed by atoms with Crippen molar-refractivity contribution < 1.29 is 14.0 Å². The van der Waals surface area contributed by atoms with Crippen LogP contribution in [0.15, 0.2) is 28.8 Å². The molecule has 1 heterocycles. The number of nitrogens with zero attached hydrogens (tertiary/aromatic N) is 2. The third-order valence-electron chi connectivity index (χ3n) is 2.36. The van der Waals surface area contributed by atoms with Crippen LogP contribution in [0.1, 0.15) is 0 Å². The Balaban J connectivity index is 2.13. The second-order valence-electron chi connectivity index (χ2n) is 3.54. The number of rotatable bonds is 6. The lowest BCUT2D eigenvalue weighted by molar-refractivity contribution is 0.210. The van der Waals surface area contributed by atoms with Crippen molar-refractivity contribution in [1.29, 1.82) is 0 Å². The van der Waals surface area contributed by atoms with Gasteiger partial charge in [-0.2, -0.15) is 4.98 Å². The van der Waals surface area contributed by atoms with E-state index in [2.05, 4.69) is 15.5 Å². The van der Waals surface area contributed by atoms with Crippen molar-refractivity contribution in [3.63, 3.8) is 0 Å². The molecule has 0 aliphatic rings. The maximum Gasteiger partial charge on any atom is 0.321 e. The van der Waals surface area contributed by atoms with Crippen LogP contribution in [0, 0.1) is 0 Å². The molecule has 0 unspecified atom stereocenters. The second-order valence-corrected chi connectivity index (χ2v) is 3.54. The Morgan fingerprint density at radius 1 is 1.28 bits per heavy atom. The molecule has 18 heavy (non-hydrogen) atoms. The molecule has 6 heteroatoms. The van der Waals surface area contributed by atoms with Gasteiger partial charge in [-0.15, -0.1) is 0 Å². The van der Waals surface area contributed by atoms with Gasteiger partial charge in [-0.3, -0.25) is 0 Å². The van der Waals surface area contributed by atoms with Crippen LogP contribution in [0.2, 0.25) is 0 Å². The van der Waals surface area contributed by atoms with E-state index >= 15 is 0 Å². The maximum atomic E-state index is 5.25. The number of methoxy groups -OCH3 is 2. The van der Waals surface area contributed by atoms with Gasteiger partial charge in [-0.25, -0.2) is 0 Å². The largest absolute Gasteiger partial charge is 0.496 e. The summed E-state index contributed by atoms with van der Waals surface area (Å²) in [6.45, 7) is 1.19. The minimum Gasteiger partial charge on any atom is -0.496 e. The van der Waals surface area contributed by atoms with E-state index in [-0.39, 0.29) is 0 Å². The van der Waals surface area contributed by atoms with E-state index < -0.39 is 0 Å². The molecule has 6 nitrogen and oxygen atoms in total. The summed E-state index contributed by atoms with van der Waals surface area (Å²) in [6, 6.07) is 7.88. The highest BCUT2D eigenvalue weighted by Crippen LogP contribution is 2.27. The molecule has 0 radical (unpaired) electrons. The van der Waals surface area contributed by atoms with Crippen molar-refractivity contribution in [2.75, 3.05) is 32.7 Å². The Bertz CT molecular complexity index is 499. The van der Waals surface area contributed by atoms with Crippen LogP contribution < -0.4 is 10.1 Å². The number of para-hydroxylation sites is 1. The molecule has 0 saturated heterocycles. The van der Waals surface area contributed by atoms with E-state index in [9.17, 15) is 0 Å². The summed E-state index contributed by atoms with van der Waals surface area (Å²) < 4.78 is 15.2. The minimum absolute atomic E-state index is 0.368. The summed E-state index contributed by atoms with van der Waals surface area (Å²) in [5.74, 6) is 1.20. The van der Waals surface area contributed by atoms with Gasteiger partial charge in [0.1, 0.15) is 5.75 Å². The van der Waals surface area contributed by atoms with Gasteiger partial charge in [0.15, 0.2) is 0 Å². The Labute approximate surface area is 105 Å². The predicted octanol–water partition coefficient (Wildman–Crippen LogP) is 1.80. The van der Waals surface area contributed by atoms with Gasteiger partial charge in [0, 0.05) is 13.7 Å². The molecule has 0 saturated carbocycles. The molecule has 0 fully saturated rings. The Kier molecular flexibility index (Phi) is 4.14. The van der Waals surface area contributed by atoms with Crippen molar-refractivity contribution in [3.8, 4) is 17.1 Å². The van der Waals surface area contributed by atoms with Crippen molar-refractivity contribution in [2.24, 2.45) is 0 Å². The molecule has 0 aliphatic heterocycles. The maximum absolute atomic E-state index is 5.25. The normalized spacial score (nSPS) is 10.3. The van der Waals surface area contributed by atoms with E-state index in [1.54, 1.807) is 14.2 Å². The topological polar surface area (TPSA) is 69.4 Å². The number of aromatic nitrogens is 2. The van der Waals surface area contributed by atoms with E-state index in [0.717, 1.165) is 5.56 Å². The smallest absolute Gasteiger partial charge is 0.321 e. The molecular formula is C12H15N3O3. The third-order valence-corrected chi connectivity index (χ3v) is 2.36. The standard InChI is InChI=1S/C12H15N3O3/c1-16-8-7-13-12-14-11(15-18-12)9-5-3-4-6-10(9)17-2/h3-6H,7-8H2,1-2H3,(H,13,14,15). The summed E-state index contributed by atoms with van der Waals surface area (Å²) in [7, 11) is 3.24. The van der Waals surface area contributed by atoms with Crippen LogP contribution in [0.4, 0.5) is 6.01 Å². The summed E-state index contributed by atoms with van der Waals surface area (Å²) >= 11 is 0. The lowest BCUT2D eigenvalue weighted by Crippen LogP contribution is -2.07. The number of benzene rings is 1. The van der Waals surface area contributed by atoms with Gasteiger partial charge < -0.3 is 19.3 Å². The van der Waals surface area contributed by atoms with Crippen LogP contribution in [0.5, 0.6) is 5.75 Å². The highest BCUT2D eigenvalue weighted by Gasteiger charge is 2.12. The molecule has 0 spiro atoms. The highest BCUT2D eigenvalue weighted by molar-refractivity contribution is 5.64. The Hall–Kier alpha value is -2.08. The zero-order valence-electron chi connectivity index (χ0n) is 10.3. The molecule has 1 aromatic carbocycles. The molecule has 0 bridgehead atoms. The minimum atomic E-state index is 0.368. The first kappa shape index (κ1) is 12.4. The van der Waals surface area contributed by atoms with Crippen molar-refractivity contribution in [3.05, 3.63) is 24.3 Å². The van der Waals surface area contributed by atoms with Crippen LogP contribution >= 0.6 is 0 Å². The average molecular weight is 249 g/mol. The first-order chi connectivity index (χ1) is 8.85. The number of hydrogen-bond donors (Lipinski definition) is 1. The molecule has 96 valence electrons. The fourth-order valence-corrected chi connectivity index (χ4v) is 1.49. The quantitative estimate of drug-likeness (QED) is 0.787. The SMILES string of the molecule is COCCNc1nc(-c2ccccc2OC)no1. The van der Waals surface area contributed by atoms with Gasteiger partial charge in [0.05, 0.1) is 19.3 Å². The first-order valence-electron chi connectivity index (χ1n) is 5.55. The zero-order chi connectivity index (χ0) is 12.8. The fraction of sp³-hybridized carbons (Fsp3) is 0.333. The molecule has 1 aromatic heterocycles. The van der Waals surface area contributed by atoms with Gasteiger partial charge in [0.2, 0.25) is 5.82 Å². The van der Waals surface area contributed by atoms with E-state index in [1.165, 1.54) is 0 Å². The average Bonchev–Trinajstić information content (AvgIpc) is 2.88. The predicted molar refractivity (Wildman–Crippen MR) is 66.7 cm³/mol. The van der Waals surface area contributed by atoms with Gasteiger partial charge in [0.25, 0.3) is 0 Å². The van der Waals surface area contributed by atoms with Crippen LogP contribution in [0.3, 0.4) is 0 Å². The summed E-state index contributed by atoms with van der Waals surface area (Å²) in [5, 5.41) is 6.87. The van der Waals surface area contributed by atoms with Gasteiger partial charge in [-0.05, 0) is 12.1 Å². The number of anilines is 1. The van der Waals surface area contributed by atoms with Crippen LogP contribution in [-0.4, -0.2) is 37.5 Å². The van der Waals surface area contributed by atoms with E-state index in [1.807, 2.05) is 24.3 Å². The van der Waals surface area contributed by atoms with E-state index in [4.69, 9.17) is 14.0 Å². The van der Waals surface area contributed by atoms with Gasteiger partial charge >= 0.3 is 6.01 Å². The molecule has 0 aliphatic carbocycles. The van der Waals surface area contributed by atoms with Crippen molar-refractivity contribution in [1.82, 2.24) is 10.1 Å². The monoisotopic (exact) mass is 249 g/mol. The highest BCUT2D eigenvalue weighted by atomic mass is 16.5. The molecular weight excluding hydrogens is 234 g/mol. The van der Waals surface area contributed by atoms with Gasteiger partial charge in [-0.1, -0.05) is 17.3 Å². The van der Waals surface area contributed by atoms with Crippen LogP contribution in [0.25, 0.3) is 11.4 Å². The molecule has 2 rings (SSSR count). The fourth-order valence-electron chi connectivity index (χ4n) is 1.49. The van der Waals surface area contributed by atoms with Crippen molar-refractivity contribution in [2.45, 2.75) is 0 Å². The van der Waals surface area contributed by atoms with E-state index in [0.29, 0.717) is 30.7 Å². The lowest BCUT2D eigenvalue weighted by atomic mass is 10.2. The molecule has 0 amide bonds. The summed E-state index contributed by atoms with van der Waals surface area (Å²) in [6.07, 6.45) is 0. The lowest BCUT2D eigenvalue weighted by Gasteiger charge is -2.03. The summed E-state index contributed by atoms with van der Waals surface area (Å²) in [5.41, 5.74) is 0.795. The second kappa shape index (κ2) is 6.02. The molecule has 0 atom stereocenters. The number of ether oxygens (including phenoxy) is 2. The number of hydrogen-bond acceptors (Lipinski definition) is 6. The molecule has 2 aromatic rings. The number of nitrogens with one attached hydrogen (secondary N) is 1. The zero-order valence-corrected chi connectivity index (χ0v) is 10.3. The van der Waals surface area contributed by atoms with Crippen LogP contribution in [-0.2, 0) is 4.74 Å².